The first-order chi connectivity index (χ1) is 10.5. The molecule has 0 aromatic heterocycles. The van der Waals surface area contributed by atoms with Crippen molar-refractivity contribution in [3.63, 3.8) is 0 Å². The fraction of sp³-hybridized carbons (Fsp3) is 0.588. The van der Waals surface area contributed by atoms with E-state index in [-0.39, 0.29) is 6.03 Å². The van der Waals surface area contributed by atoms with Gasteiger partial charge in [-0.2, -0.15) is 0 Å². The van der Waals surface area contributed by atoms with Gasteiger partial charge in [0.25, 0.3) is 0 Å². The van der Waals surface area contributed by atoms with E-state index < -0.39 is 5.60 Å². The molecule has 22 heavy (non-hydrogen) atoms. The van der Waals surface area contributed by atoms with Gasteiger partial charge in [0.05, 0.1) is 12.2 Å². The van der Waals surface area contributed by atoms with Crippen molar-refractivity contribution in [1.82, 2.24) is 10.6 Å². The molecule has 1 aromatic carbocycles. The fourth-order valence-electron chi connectivity index (χ4n) is 2.84. The molecular weight excluding hydrogens is 280 g/mol. The molecule has 5 nitrogen and oxygen atoms in total. The summed E-state index contributed by atoms with van der Waals surface area (Å²) in [6, 6.07) is 5.64. The molecule has 122 valence electrons. The van der Waals surface area contributed by atoms with Crippen molar-refractivity contribution in [3.8, 4) is 5.75 Å². The van der Waals surface area contributed by atoms with E-state index >= 15 is 0 Å². The van der Waals surface area contributed by atoms with Crippen LogP contribution in [-0.2, 0) is 6.54 Å². The van der Waals surface area contributed by atoms with Crippen molar-refractivity contribution < 1.29 is 14.6 Å². The Bertz CT molecular complexity index is 511. The van der Waals surface area contributed by atoms with Crippen LogP contribution in [-0.4, -0.2) is 29.9 Å². The van der Waals surface area contributed by atoms with Crippen LogP contribution < -0.4 is 15.4 Å². The van der Waals surface area contributed by atoms with Crippen LogP contribution >= 0.6 is 0 Å². The highest BCUT2D eigenvalue weighted by molar-refractivity contribution is 5.73. The Labute approximate surface area is 132 Å². The van der Waals surface area contributed by atoms with Gasteiger partial charge in [-0.25, -0.2) is 4.79 Å². The Hall–Kier alpha value is -1.75. The van der Waals surface area contributed by atoms with Crippen LogP contribution in [0, 0.1) is 6.92 Å². The van der Waals surface area contributed by atoms with E-state index in [1.807, 2.05) is 32.0 Å². The van der Waals surface area contributed by atoms with Crippen molar-refractivity contribution in [1.29, 1.82) is 0 Å². The Morgan fingerprint density at radius 1 is 1.32 bits per heavy atom. The van der Waals surface area contributed by atoms with Gasteiger partial charge in [-0.3, -0.25) is 0 Å². The summed E-state index contributed by atoms with van der Waals surface area (Å²) in [6.45, 7) is 5.37. The lowest BCUT2D eigenvalue weighted by Gasteiger charge is -2.22. The predicted molar refractivity (Wildman–Crippen MR) is 86.0 cm³/mol. The van der Waals surface area contributed by atoms with Gasteiger partial charge in [0.1, 0.15) is 5.75 Å². The lowest BCUT2D eigenvalue weighted by atomic mass is 10.0. The van der Waals surface area contributed by atoms with Crippen LogP contribution in [0.4, 0.5) is 4.79 Å². The number of hydrogen-bond donors (Lipinski definition) is 3. The molecule has 3 N–H and O–H groups in total. The van der Waals surface area contributed by atoms with E-state index in [0.29, 0.717) is 19.7 Å². The molecule has 1 fully saturated rings. The first kappa shape index (κ1) is 16.6. The number of carbonyl (C=O) groups excluding carboxylic acids is 1. The number of aliphatic hydroxyl groups is 1. The minimum Gasteiger partial charge on any atom is -0.494 e. The Morgan fingerprint density at radius 2 is 2.05 bits per heavy atom. The van der Waals surface area contributed by atoms with E-state index in [1.54, 1.807) is 0 Å². The van der Waals surface area contributed by atoms with Crippen molar-refractivity contribution in [2.24, 2.45) is 0 Å². The van der Waals surface area contributed by atoms with Crippen LogP contribution in [0.5, 0.6) is 5.75 Å². The number of amides is 2. The molecule has 0 saturated heterocycles. The minimum absolute atomic E-state index is 0.244. The predicted octanol–water partition coefficient (Wildman–Crippen LogP) is 2.50. The number of ether oxygens (including phenoxy) is 1. The number of hydrogen-bond acceptors (Lipinski definition) is 3. The molecule has 0 radical (unpaired) electrons. The fourth-order valence-corrected chi connectivity index (χ4v) is 2.84. The van der Waals surface area contributed by atoms with Crippen LogP contribution in [0.1, 0.15) is 43.7 Å². The Kier molecular flexibility index (Phi) is 5.66. The molecule has 5 heteroatoms. The Morgan fingerprint density at radius 3 is 2.68 bits per heavy atom. The molecule has 2 rings (SSSR count). The van der Waals surface area contributed by atoms with Crippen LogP contribution in [0.3, 0.4) is 0 Å². The summed E-state index contributed by atoms with van der Waals surface area (Å²) < 4.78 is 5.50. The number of nitrogens with one attached hydrogen (secondary N) is 2. The molecule has 1 aliphatic carbocycles. The van der Waals surface area contributed by atoms with Gasteiger partial charge in [0, 0.05) is 13.1 Å². The molecule has 1 aliphatic rings. The molecule has 0 spiro atoms. The quantitative estimate of drug-likeness (QED) is 0.756. The van der Waals surface area contributed by atoms with E-state index in [4.69, 9.17) is 4.74 Å². The maximum Gasteiger partial charge on any atom is 0.315 e. The zero-order valence-electron chi connectivity index (χ0n) is 13.4. The SMILES string of the molecule is CCOc1ccc(CNC(=O)NCC2(O)CCCC2)cc1C. The lowest BCUT2D eigenvalue weighted by Crippen LogP contribution is -2.44. The molecular formula is C17H26N2O3. The molecule has 0 aliphatic heterocycles. The van der Waals surface area contributed by atoms with E-state index in [9.17, 15) is 9.90 Å². The zero-order chi connectivity index (χ0) is 16.0. The molecule has 2 amide bonds. The van der Waals surface area contributed by atoms with Crippen LogP contribution in [0.25, 0.3) is 0 Å². The first-order valence-electron chi connectivity index (χ1n) is 7.99. The second-order valence-electron chi connectivity index (χ2n) is 6.00. The van der Waals surface area contributed by atoms with Crippen LogP contribution in [0.15, 0.2) is 18.2 Å². The monoisotopic (exact) mass is 306 g/mol. The number of carbonyl (C=O) groups is 1. The van der Waals surface area contributed by atoms with Gasteiger partial charge in [-0.05, 0) is 43.9 Å². The smallest absolute Gasteiger partial charge is 0.315 e. The molecule has 0 heterocycles. The summed E-state index contributed by atoms with van der Waals surface area (Å²) >= 11 is 0. The summed E-state index contributed by atoms with van der Waals surface area (Å²) in [5, 5.41) is 15.8. The number of aryl methyl sites for hydroxylation is 1. The van der Waals surface area contributed by atoms with Gasteiger partial charge in [0.15, 0.2) is 0 Å². The number of rotatable bonds is 6. The molecule has 1 aromatic rings. The second kappa shape index (κ2) is 7.49. The van der Waals surface area contributed by atoms with Crippen molar-refractivity contribution in [2.75, 3.05) is 13.2 Å². The van der Waals surface area contributed by atoms with Crippen molar-refractivity contribution in [3.05, 3.63) is 29.3 Å². The highest BCUT2D eigenvalue weighted by Crippen LogP contribution is 2.28. The third-order valence-corrected chi connectivity index (χ3v) is 4.10. The van der Waals surface area contributed by atoms with Gasteiger partial charge in [-0.15, -0.1) is 0 Å². The third-order valence-electron chi connectivity index (χ3n) is 4.10. The topological polar surface area (TPSA) is 70.6 Å². The zero-order valence-corrected chi connectivity index (χ0v) is 13.4. The Balaban J connectivity index is 1.77. The molecule has 1 saturated carbocycles. The van der Waals surface area contributed by atoms with E-state index in [0.717, 1.165) is 42.6 Å². The van der Waals surface area contributed by atoms with Gasteiger partial charge in [-0.1, -0.05) is 25.0 Å². The van der Waals surface area contributed by atoms with Crippen molar-refractivity contribution >= 4 is 6.03 Å². The normalized spacial score (nSPS) is 16.3. The van der Waals surface area contributed by atoms with Gasteiger partial charge >= 0.3 is 6.03 Å². The number of benzene rings is 1. The van der Waals surface area contributed by atoms with E-state index in [1.165, 1.54) is 0 Å². The summed E-state index contributed by atoms with van der Waals surface area (Å²) in [7, 11) is 0. The lowest BCUT2D eigenvalue weighted by molar-refractivity contribution is 0.0501. The molecule has 0 atom stereocenters. The summed E-state index contributed by atoms with van der Waals surface area (Å²) in [4.78, 5) is 11.8. The highest BCUT2D eigenvalue weighted by Gasteiger charge is 2.31. The first-order valence-corrected chi connectivity index (χ1v) is 7.99. The van der Waals surface area contributed by atoms with Gasteiger partial charge < -0.3 is 20.5 Å². The molecule has 0 bridgehead atoms. The third kappa shape index (κ3) is 4.63. The average Bonchev–Trinajstić information content (AvgIpc) is 2.93. The maximum atomic E-state index is 11.8. The maximum absolute atomic E-state index is 11.8. The highest BCUT2D eigenvalue weighted by atomic mass is 16.5. The van der Waals surface area contributed by atoms with Crippen LogP contribution in [0.2, 0.25) is 0 Å². The summed E-state index contributed by atoms with van der Waals surface area (Å²) in [6.07, 6.45) is 3.60. The number of urea groups is 1. The second-order valence-corrected chi connectivity index (χ2v) is 6.00. The standard InChI is InChI=1S/C17H26N2O3/c1-3-22-15-7-6-14(10-13(15)2)11-18-16(20)19-12-17(21)8-4-5-9-17/h6-7,10,21H,3-5,8-9,11-12H2,1-2H3,(H2,18,19,20). The van der Waals surface area contributed by atoms with Gasteiger partial charge in [0.2, 0.25) is 0 Å². The summed E-state index contributed by atoms with van der Waals surface area (Å²) in [5.74, 6) is 0.874. The largest absolute Gasteiger partial charge is 0.494 e. The molecule has 0 unspecified atom stereocenters. The average molecular weight is 306 g/mol. The van der Waals surface area contributed by atoms with E-state index in [2.05, 4.69) is 10.6 Å². The summed E-state index contributed by atoms with van der Waals surface area (Å²) in [5.41, 5.74) is 1.37. The van der Waals surface area contributed by atoms with Crippen molar-refractivity contribution in [2.45, 2.75) is 51.7 Å². The minimum atomic E-state index is -0.715.